The Labute approximate surface area is 192 Å². The second kappa shape index (κ2) is 9.24. The van der Waals surface area contributed by atoms with Gasteiger partial charge in [0.25, 0.3) is 0 Å². The lowest BCUT2D eigenvalue weighted by Crippen LogP contribution is -2.62. The first kappa shape index (κ1) is 24.3. The van der Waals surface area contributed by atoms with Crippen LogP contribution in [0.3, 0.4) is 0 Å². The van der Waals surface area contributed by atoms with Gasteiger partial charge >= 0.3 is 0 Å². The quantitative estimate of drug-likeness (QED) is 0.751. The molecule has 6 heteroatoms. The van der Waals surface area contributed by atoms with Crippen LogP contribution in [-0.4, -0.2) is 52.7 Å². The number of amides is 3. The molecule has 0 unspecified atom stereocenters. The Kier molecular flexibility index (Phi) is 7.01. The van der Waals surface area contributed by atoms with Crippen molar-refractivity contribution in [3.63, 3.8) is 0 Å². The Morgan fingerprint density at radius 2 is 1.62 bits per heavy atom. The molecule has 1 aliphatic carbocycles. The predicted octanol–water partition coefficient (Wildman–Crippen LogP) is 4.44. The van der Waals surface area contributed by atoms with Gasteiger partial charge in [0, 0.05) is 24.7 Å². The molecule has 1 saturated carbocycles. The Bertz CT molecular complexity index is 861. The minimum atomic E-state index is -0.886. The first-order chi connectivity index (χ1) is 15.0. The van der Waals surface area contributed by atoms with Crippen molar-refractivity contribution < 1.29 is 14.4 Å². The number of carbonyl (C=O) groups is 3. The van der Waals surface area contributed by atoms with Crippen LogP contribution >= 0.6 is 0 Å². The molecule has 0 radical (unpaired) electrons. The summed E-state index contributed by atoms with van der Waals surface area (Å²) in [5.74, 6) is -0.227. The van der Waals surface area contributed by atoms with E-state index in [1.807, 2.05) is 52.8 Å². The summed E-state index contributed by atoms with van der Waals surface area (Å²) in [5, 5.41) is 3.16. The van der Waals surface area contributed by atoms with Crippen molar-refractivity contribution in [1.82, 2.24) is 9.80 Å². The number of para-hydroxylation sites is 1. The number of hydrogen-bond acceptors (Lipinski definition) is 3. The van der Waals surface area contributed by atoms with Crippen molar-refractivity contribution in [2.45, 2.75) is 91.1 Å². The standard InChI is InChI=1S/C26H39N3O3/c1-18-12-10-13-19(2)21(18)27-23(31)26(15-8-7-9-16-26)28(6)22(30)20-14-11-17-29(20)24(32)25(3,4)5/h10,12-13,20H,7-9,11,14-17H2,1-6H3,(H,27,31)/t20-/m0/s1. The van der Waals surface area contributed by atoms with Crippen LogP contribution in [0.1, 0.15) is 76.8 Å². The molecule has 1 saturated heterocycles. The number of rotatable bonds is 4. The zero-order chi connectivity index (χ0) is 23.7. The molecular weight excluding hydrogens is 402 g/mol. The first-order valence-corrected chi connectivity index (χ1v) is 12.0. The van der Waals surface area contributed by atoms with Crippen molar-refractivity contribution >= 4 is 23.4 Å². The maximum Gasteiger partial charge on any atom is 0.250 e. The van der Waals surface area contributed by atoms with Crippen LogP contribution in [0, 0.1) is 19.3 Å². The molecule has 3 amide bonds. The van der Waals surface area contributed by atoms with E-state index in [0.29, 0.717) is 25.8 Å². The number of anilines is 1. The first-order valence-electron chi connectivity index (χ1n) is 12.0. The third-order valence-electron chi connectivity index (χ3n) is 7.24. The van der Waals surface area contributed by atoms with Gasteiger partial charge in [0.2, 0.25) is 17.7 Å². The molecule has 1 N–H and O–H groups in total. The molecule has 0 spiro atoms. The van der Waals surface area contributed by atoms with Gasteiger partial charge in [-0.15, -0.1) is 0 Å². The zero-order valence-corrected chi connectivity index (χ0v) is 20.6. The maximum atomic E-state index is 13.7. The summed E-state index contributed by atoms with van der Waals surface area (Å²) in [6.07, 6.45) is 5.64. The summed E-state index contributed by atoms with van der Waals surface area (Å²) in [7, 11) is 1.76. The molecule has 6 nitrogen and oxygen atoms in total. The van der Waals surface area contributed by atoms with Gasteiger partial charge in [0.1, 0.15) is 11.6 Å². The third kappa shape index (κ3) is 4.55. The summed E-state index contributed by atoms with van der Waals surface area (Å²) in [6, 6.07) is 5.46. The average molecular weight is 442 g/mol. The summed E-state index contributed by atoms with van der Waals surface area (Å²) >= 11 is 0. The van der Waals surface area contributed by atoms with E-state index < -0.39 is 17.0 Å². The van der Waals surface area contributed by atoms with Gasteiger partial charge in [0.15, 0.2) is 0 Å². The summed E-state index contributed by atoms with van der Waals surface area (Å²) < 4.78 is 0. The molecule has 32 heavy (non-hydrogen) atoms. The molecule has 2 aliphatic rings. The molecule has 1 aromatic rings. The lowest BCUT2D eigenvalue weighted by Gasteiger charge is -2.45. The molecule has 1 heterocycles. The highest BCUT2D eigenvalue weighted by molar-refractivity contribution is 6.02. The smallest absolute Gasteiger partial charge is 0.250 e. The molecule has 3 rings (SSSR count). The van der Waals surface area contributed by atoms with Gasteiger partial charge in [-0.1, -0.05) is 58.2 Å². The van der Waals surface area contributed by atoms with Crippen molar-refractivity contribution in [1.29, 1.82) is 0 Å². The van der Waals surface area contributed by atoms with E-state index in [-0.39, 0.29) is 17.7 Å². The van der Waals surface area contributed by atoms with Crippen molar-refractivity contribution in [3.05, 3.63) is 29.3 Å². The zero-order valence-electron chi connectivity index (χ0n) is 20.6. The number of benzene rings is 1. The van der Waals surface area contributed by atoms with Crippen molar-refractivity contribution in [3.8, 4) is 0 Å². The highest BCUT2D eigenvalue weighted by Gasteiger charge is 2.49. The number of nitrogens with one attached hydrogen (secondary N) is 1. The topological polar surface area (TPSA) is 69.7 Å². The second-order valence-electron chi connectivity index (χ2n) is 10.6. The number of hydrogen-bond donors (Lipinski definition) is 1. The Balaban J connectivity index is 1.88. The lowest BCUT2D eigenvalue weighted by molar-refractivity contribution is -0.154. The Morgan fingerprint density at radius 3 is 2.19 bits per heavy atom. The van der Waals surface area contributed by atoms with Crippen LogP contribution in [0.4, 0.5) is 5.69 Å². The monoisotopic (exact) mass is 441 g/mol. The molecular formula is C26H39N3O3. The minimum Gasteiger partial charge on any atom is -0.330 e. The maximum absolute atomic E-state index is 13.7. The highest BCUT2D eigenvalue weighted by Crippen LogP contribution is 2.37. The van der Waals surface area contributed by atoms with E-state index in [4.69, 9.17) is 0 Å². The molecule has 0 aromatic heterocycles. The molecule has 1 aromatic carbocycles. The van der Waals surface area contributed by atoms with E-state index >= 15 is 0 Å². The molecule has 2 fully saturated rings. The van der Waals surface area contributed by atoms with Crippen molar-refractivity contribution in [2.24, 2.45) is 5.41 Å². The van der Waals surface area contributed by atoms with E-state index in [0.717, 1.165) is 42.5 Å². The van der Waals surface area contributed by atoms with Gasteiger partial charge < -0.3 is 15.1 Å². The molecule has 0 bridgehead atoms. The fourth-order valence-electron chi connectivity index (χ4n) is 5.22. The SMILES string of the molecule is Cc1cccc(C)c1NC(=O)C1(N(C)C(=O)[C@@H]2CCCN2C(=O)C(C)(C)C)CCCCC1. The van der Waals surface area contributed by atoms with E-state index in [1.54, 1.807) is 16.8 Å². The molecule has 1 atom stereocenters. The molecule has 1 aliphatic heterocycles. The van der Waals surface area contributed by atoms with Crippen LogP contribution in [0.5, 0.6) is 0 Å². The third-order valence-corrected chi connectivity index (χ3v) is 7.24. The number of likely N-dealkylation sites (tertiary alicyclic amines) is 1. The van der Waals surface area contributed by atoms with Crippen LogP contribution < -0.4 is 5.32 Å². The van der Waals surface area contributed by atoms with E-state index in [9.17, 15) is 14.4 Å². The largest absolute Gasteiger partial charge is 0.330 e. The summed E-state index contributed by atoms with van der Waals surface area (Å²) in [4.78, 5) is 43.9. The van der Waals surface area contributed by atoms with Crippen LogP contribution in [-0.2, 0) is 14.4 Å². The fraction of sp³-hybridized carbons (Fsp3) is 0.654. The van der Waals surface area contributed by atoms with Crippen LogP contribution in [0.2, 0.25) is 0 Å². The van der Waals surface area contributed by atoms with Crippen LogP contribution in [0.25, 0.3) is 0 Å². The lowest BCUT2D eigenvalue weighted by atomic mass is 9.79. The predicted molar refractivity (Wildman–Crippen MR) is 127 cm³/mol. The van der Waals surface area contributed by atoms with E-state index in [2.05, 4.69) is 5.32 Å². The normalized spacial score (nSPS) is 20.7. The molecule has 176 valence electrons. The number of carbonyl (C=O) groups excluding carboxylic acids is 3. The number of aryl methyl sites for hydroxylation is 2. The number of nitrogens with zero attached hydrogens (tertiary/aromatic N) is 2. The van der Waals surface area contributed by atoms with Gasteiger partial charge in [0.05, 0.1) is 0 Å². The van der Waals surface area contributed by atoms with E-state index in [1.165, 1.54) is 0 Å². The van der Waals surface area contributed by atoms with Gasteiger partial charge in [-0.05, 0) is 50.7 Å². The Morgan fingerprint density at radius 1 is 1.03 bits per heavy atom. The van der Waals surface area contributed by atoms with Crippen molar-refractivity contribution in [2.75, 3.05) is 18.9 Å². The highest BCUT2D eigenvalue weighted by atomic mass is 16.2. The van der Waals surface area contributed by atoms with Gasteiger partial charge in [-0.25, -0.2) is 0 Å². The average Bonchev–Trinajstić information content (AvgIpc) is 3.24. The second-order valence-corrected chi connectivity index (χ2v) is 10.6. The van der Waals surface area contributed by atoms with Crippen LogP contribution in [0.15, 0.2) is 18.2 Å². The summed E-state index contributed by atoms with van der Waals surface area (Å²) in [6.45, 7) is 10.2. The fourth-order valence-corrected chi connectivity index (χ4v) is 5.22. The summed E-state index contributed by atoms with van der Waals surface area (Å²) in [5.41, 5.74) is 1.42. The minimum absolute atomic E-state index is 0.000527. The van der Waals surface area contributed by atoms with Gasteiger partial charge in [-0.3, -0.25) is 14.4 Å². The van der Waals surface area contributed by atoms with Gasteiger partial charge in [-0.2, -0.15) is 0 Å². The number of likely N-dealkylation sites (N-methyl/N-ethyl adjacent to an activating group) is 1. The Hall–Kier alpha value is -2.37.